The molecule has 2 rings (SSSR count). The normalized spacial score (nSPS) is 10.8. The van der Waals surface area contributed by atoms with Crippen LogP contribution in [0.1, 0.15) is 26.5 Å². The van der Waals surface area contributed by atoms with Crippen molar-refractivity contribution in [3.05, 3.63) is 23.9 Å². The minimum atomic E-state index is 0.482. The summed E-state index contributed by atoms with van der Waals surface area (Å²) in [6.07, 6.45) is 0. The largest absolute Gasteiger partial charge is 0.490 e. The van der Waals surface area contributed by atoms with Gasteiger partial charge in [0.15, 0.2) is 16.6 Å². The monoisotopic (exact) mass is 320 g/mol. The van der Waals surface area contributed by atoms with E-state index in [9.17, 15) is 0 Å². The molecule has 4 nitrogen and oxygen atoms in total. The van der Waals surface area contributed by atoms with Crippen LogP contribution in [0.15, 0.2) is 18.2 Å². The highest BCUT2D eigenvalue weighted by atomic mass is 32.1. The molecule has 0 atom stereocenters. The Labute approximate surface area is 136 Å². The fourth-order valence-corrected chi connectivity index (χ4v) is 2.98. The molecule has 0 aliphatic heterocycles. The van der Waals surface area contributed by atoms with Crippen molar-refractivity contribution in [1.29, 1.82) is 0 Å². The van der Waals surface area contributed by atoms with Gasteiger partial charge in [-0.25, -0.2) is 4.98 Å². The number of hydrogen-bond acceptors (Lipinski definition) is 5. The third-order valence-corrected chi connectivity index (χ3v) is 4.31. The van der Waals surface area contributed by atoms with Crippen molar-refractivity contribution in [2.45, 2.75) is 27.7 Å². The van der Waals surface area contributed by atoms with E-state index in [0.29, 0.717) is 19.1 Å². The Morgan fingerprint density at radius 2 is 2.00 bits per heavy atom. The third kappa shape index (κ3) is 3.91. The molecule has 1 aromatic carbocycles. The van der Waals surface area contributed by atoms with Crippen LogP contribution in [-0.2, 0) is 0 Å². The maximum absolute atomic E-state index is 5.85. The smallest absolute Gasteiger partial charge is 0.183 e. The van der Waals surface area contributed by atoms with E-state index in [0.717, 1.165) is 32.8 Å². The number of benzene rings is 1. The molecule has 0 fully saturated rings. The molecule has 0 aliphatic rings. The van der Waals surface area contributed by atoms with Gasteiger partial charge in [0.25, 0.3) is 0 Å². The summed E-state index contributed by atoms with van der Waals surface area (Å²) in [6, 6.07) is 6.10. The lowest BCUT2D eigenvalue weighted by atomic mass is 10.1. The molecule has 1 aromatic heterocycles. The number of anilines is 1. The number of hydrogen-bond donors (Lipinski definition) is 1. The third-order valence-electron chi connectivity index (χ3n) is 3.09. The van der Waals surface area contributed by atoms with Crippen molar-refractivity contribution in [3.63, 3.8) is 0 Å². The Morgan fingerprint density at radius 1 is 1.23 bits per heavy atom. The zero-order chi connectivity index (χ0) is 16.1. The van der Waals surface area contributed by atoms with Gasteiger partial charge < -0.3 is 14.8 Å². The first kappa shape index (κ1) is 16.6. The fourth-order valence-electron chi connectivity index (χ4n) is 2.06. The molecule has 0 unspecified atom stereocenters. The van der Waals surface area contributed by atoms with Crippen molar-refractivity contribution in [1.82, 2.24) is 4.98 Å². The number of nitrogens with one attached hydrogen (secondary N) is 1. The summed E-state index contributed by atoms with van der Waals surface area (Å²) in [5.74, 6) is 2.07. The van der Waals surface area contributed by atoms with E-state index in [1.165, 1.54) is 0 Å². The average Bonchev–Trinajstić information content (AvgIpc) is 2.87. The molecule has 0 amide bonds. The fraction of sp³-hybridized carbons (Fsp3) is 0.471. The van der Waals surface area contributed by atoms with Crippen LogP contribution in [0.25, 0.3) is 10.4 Å². The standard InChI is InChI=1S/C17H24N2O2S/c1-6-20-15-9-13(7-8-14(15)21-10-11(2)3)16-12(4)19-17(18-5)22-16/h7-9,11H,6,10H2,1-5H3,(H,18,19). The van der Waals surface area contributed by atoms with Gasteiger partial charge in [-0.3, -0.25) is 0 Å². The van der Waals surface area contributed by atoms with E-state index >= 15 is 0 Å². The van der Waals surface area contributed by atoms with Gasteiger partial charge in [0, 0.05) is 7.05 Å². The molecule has 2 aromatic rings. The van der Waals surface area contributed by atoms with E-state index in [-0.39, 0.29) is 0 Å². The molecule has 0 radical (unpaired) electrons. The number of nitrogens with zero attached hydrogens (tertiary/aromatic N) is 1. The minimum Gasteiger partial charge on any atom is -0.490 e. The summed E-state index contributed by atoms with van der Waals surface area (Å²) >= 11 is 1.64. The predicted molar refractivity (Wildman–Crippen MR) is 93.3 cm³/mol. The van der Waals surface area contributed by atoms with Gasteiger partial charge in [0.2, 0.25) is 0 Å². The number of aryl methyl sites for hydroxylation is 1. The molecular formula is C17H24N2O2S. The predicted octanol–water partition coefficient (Wildman–Crippen LogP) is 4.59. The van der Waals surface area contributed by atoms with E-state index < -0.39 is 0 Å². The maximum Gasteiger partial charge on any atom is 0.183 e. The molecular weight excluding hydrogens is 296 g/mol. The van der Waals surface area contributed by atoms with Gasteiger partial charge in [-0.2, -0.15) is 0 Å². The van der Waals surface area contributed by atoms with Gasteiger partial charge in [-0.05, 0) is 43.5 Å². The second-order valence-corrected chi connectivity index (χ2v) is 6.48. The van der Waals surface area contributed by atoms with Crippen molar-refractivity contribution < 1.29 is 9.47 Å². The van der Waals surface area contributed by atoms with Crippen LogP contribution >= 0.6 is 11.3 Å². The van der Waals surface area contributed by atoms with E-state index in [4.69, 9.17) is 9.47 Å². The molecule has 0 bridgehead atoms. The summed E-state index contributed by atoms with van der Waals surface area (Å²) < 4.78 is 11.6. The van der Waals surface area contributed by atoms with E-state index in [1.54, 1.807) is 11.3 Å². The lowest BCUT2D eigenvalue weighted by Crippen LogP contribution is -2.06. The lowest BCUT2D eigenvalue weighted by molar-refractivity contribution is 0.248. The Hall–Kier alpha value is -1.75. The summed E-state index contributed by atoms with van der Waals surface area (Å²) in [4.78, 5) is 5.65. The van der Waals surface area contributed by atoms with Crippen LogP contribution in [0.3, 0.4) is 0 Å². The Kier molecular flexibility index (Phi) is 5.66. The molecule has 5 heteroatoms. The highest BCUT2D eigenvalue weighted by molar-refractivity contribution is 7.19. The molecule has 1 heterocycles. The number of thiazole rings is 1. The second kappa shape index (κ2) is 7.49. The number of rotatable bonds is 7. The number of ether oxygens (including phenoxy) is 2. The minimum absolute atomic E-state index is 0.482. The van der Waals surface area contributed by atoms with E-state index in [2.05, 4.69) is 30.2 Å². The van der Waals surface area contributed by atoms with Crippen LogP contribution in [-0.4, -0.2) is 25.2 Å². The SMILES string of the molecule is CCOc1cc(-c2sc(NC)nc2C)ccc1OCC(C)C. The highest BCUT2D eigenvalue weighted by Crippen LogP contribution is 2.38. The van der Waals surface area contributed by atoms with E-state index in [1.807, 2.05) is 33.0 Å². The van der Waals surface area contributed by atoms with Crippen molar-refractivity contribution >= 4 is 16.5 Å². The summed E-state index contributed by atoms with van der Waals surface area (Å²) in [7, 11) is 1.89. The Morgan fingerprint density at radius 3 is 2.59 bits per heavy atom. The average molecular weight is 320 g/mol. The first-order chi connectivity index (χ1) is 10.5. The van der Waals surface area contributed by atoms with Crippen LogP contribution in [0, 0.1) is 12.8 Å². The van der Waals surface area contributed by atoms with Gasteiger partial charge in [-0.15, -0.1) is 0 Å². The molecule has 0 saturated heterocycles. The van der Waals surface area contributed by atoms with Crippen LogP contribution in [0.5, 0.6) is 11.5 Å². The quantitative estimate of drug-likeness (QED) is 0.810. The first-order valence-corrected chi connectivity index (χ1v) is 8.42. The Bertz CT molecular complexity index is 623. The molecule has 0 saturated carbocycles. The molecule has 22 heavy (non-hydrogen) atoms. The van der Waals surface area contributed by atoms with Crippen LogP contribution in [0.2, 0.25) is 0 Å². The topological polar surface area (TPSA) is 43.4 Å². The van der Waals surface area contributed by atoms with Crippen molar-refractivity contribution in [2.75, 3.05) is 25.6 Å². The molecule has 1 N–H and O–H groups in total. The van der Waals surface area contributed by atoms with Gasteiger partial charge >= 0.3 is 0 Å². The highest BCUT2D eigenvalue weighted by Gasteiger charge is 2.13. The summed E-state index contributed by atoms with van der Waals surface area (Å²) in [6.45, 7) is 9.57. The maximum atomic E-state index is 5.85. The van der Waals surface area contributed by atoms with Gasteiger partial charge in [-0.1, -0.05) is 25.2 Å². The second-order valence-electron chi connectivity index (χ2n) is 5.48. The first-order valence-electron chi connectivity index (χ1n) is 7.60. The summed E-state index contributed by atoms with van der Waals surface area (Å²) in [5, 5.41) is 4.02. The van der Waals surface area contributed by atoms with Gasteiger partial charge in [0.05, 0.1) is 23.8 Å². The zero-order valence-electron chi connectivity index (χ0n) is 13.9. The Balaban J connectivity index is 2.33. The molecule has 120 valence electrons. The summed E-state index contributed by atoms with van der Waals surface area (Å²) in [5.41, 5.74) is 2.13. The number of aromatic nitrogens is 1. The molecule has 0 spiro atoms. The zero-order valence-corrected chi connectivity index (χ0v) is 14.7. The van der Waals surface area contributed by atoms with Gasteiger partial charge in [0.1, 0.15) is 0 Å². The van der Waals surface area contributed by atoms with Crippen molar-refractivity contribution in [3.8, 4) is 21.9 Å². The van der Waals surface area contributed by atoms with Crippen molar-refractivity contribution in [2.24, 2.45) is 5.92 Å². The van der Waals surface area contributed by atoms with Crippen LogP contribution < -0.4 is 14.8 Å². The molecule has 0 aliphatic carbocycles. The lowest BCUT2D eigenvalue weighted by Gasteiger charge is -2.14. The van der Waals surface area contributed by atoms with Crippen LogP contribution in [0.4, 0.5) is 5.13 Å².